The molecule has 2 N–H and O–H groups in total. The molecule has 1 rings (SSSR count). The van der Waals surface area contributed by atoms with Crippen molar-refractivity contribution in [2.75, 3.05) is 30.4 Å². The van der Waals surface area contributed by atoms with Crippen molar-refractivity contribution in [3.05, 3.63) is 33.9 Å². The van der Waals surface area contributed by atoms with Gasteiger partial charge < -0.3 is 10.6 Å². The third-order valence-corrected chi connectivity index (χ3v) is 3.58. The lowest BCUT2D eigenvalue weighted by Crippen LogP contribution is -2.24. The van der Waals surface area contributed by atoms with E-state index in [2.05, 4.69) is 16.9 Å². The monoisotopic (exact) mass is 311 g/mol. The maximum absolute atomic E-state index is 12.0. The van der Waals surface area contributed by atoms with Crippen molar-refractivity contribution in [2.24, 2.45) is 0 Å². The highest BCUT2D eigenvalue weighted by atomic mass is 32.2. The second kappa shape index (κ2) is 9.23. The van der Waals surface area contributed by atoms with Gasteiger partial charge in [-0.25, -0.2) is 0 Å². The molecule has 0 aliphatic carbocycles. The number of thioether (sulfide) groups is 1. The van der Waals surface area contributed by atoms with Crippen molar-refractivity contribution in [1.29, 1.82) is 0 Å². The Kier molecular flexibility index (Phi) is 7.60. The normalized spacial score (nSPS) is 10.2. The summed E-state index contributed by atoms with van der Waals surface area (Å²) in [4.78, 5) is 22.5. The van der Waals surface area contributed by atoms with Gasteiger partial charge in [-0.05, 0) is 43.9 Å². The first kappa shape index (κ1) is 17.3. The predicted octanol–water partition coefficient (Wildman–Crippen LogP) is 2.90. The highest BCUT2D eigenvalue weighted by molar-refractivity contribution is 7.98. The van der Waals surface area contributed by atoms with Crippen LogP contribution >= 0.6 is 11.8 Å². The van der Waals surface area contributed by atoms with Gasteiger partial charge in [-0.3, -0.25) is 14.9 Å². The van der Waals surface area contributed by atoms with E-state index in [1.807, 2.05) is 6.92 Å². The molecular formula is C14H21N3O3S. The number of hydrogen-bond acceptors (Lipinski definition) is 5. The Balaban J connectivity index is 2.67. The molecule has 0 spiro atoms. The molecular weight excluding hydrogens is 290 g/mol. The van der Waals surface area contributed by atoms with E-state index in [1.165, 1.54) is 18.2 Å². The molecule has 1 amide bonds. The Bertz CT molecular complexity index is 494. The number of anilines is 1. The SMILES string of the molecule is CCNc1cc(C(=O)NCCCCSC)ccc1[N+](=O)[O-]. The molecule has 0 bridgehead atoms. The minimum Gasteiger partial charge on any atom is -0.380 e. The largest absolute Gasteiger partial charge is 0.380 e. The molecule has 1 aromatic carbocycles. The van der Waals surface area contributed by atoms with E-state index >= 15 is 0 Å². The van der Waals surface area contributed by atoms with Gasteiger partial charge in [0.25, 0.3) is 11.6 Å². The summed E-state index contributed by atoms with van der Waals surface area (Å²) in [6, 6.07) is 4.37. The van der Waals surface area contributed by atoms with Gasteiger partial charge in [0.1, 0.15) is 5.69 Å². The number of carbonyl (C=O) groups excluding carboxylic acids is 1. The lowest BCUT2D eigenvalue weighted by Gasteiger charge is -2.08. The lowest BCUT2D eigenvalue weighted by atomic mass is 10.1. The maximum Gasteiger partial charge on any atom is 0.292 e. The zero-order valence-electron chi connectivity index (χ0n) is 12.3. The minimum atomic E-state index is -0.456. The number of amides is 1. The Morgan fingerprint density at radius 2 is 2.14 bits per heavy atom. The van der Waals surface area contributed by atoms with Gasteiger partial charge in [0.15, 0.2) is 0 Å². The van der Waals surface area contributed by atoms with Gasteiger partial charge in [0.2, 0.25) is 0 Å². The van der Waals surface area contributed by atoms with Crippen LogP contribution in [0.25, 0.3) is 0 Å². The van der Waals surface area contributed by atoms with Crippen LogP contribution in [0.15, 0.2) is 18.2 Å². The molecule has 21 heavy (non-hydrogen) atoms. The molecule has 0 atom stereocenters. The Morgan fingerprint density at radius 3 is 2.76 bits per heavy atom. The molecule has 0 fully saturated rings. The molecule has 0 unspecified atom stereocenters. The van der Waals surface area contributed by atoms with Crippen molar-refractivity contribution < 1.29 is 9.72 Å². The van der Waals surface area contributed by atoms with Gasteiger partial charge in [-0.15, -0.1) is 0 Å². The number of rotatable bonds is 9. The summed E-state index contributed by atoms with van der Waals surface area (Å²) in [5.41, 5.74) is 0.785. The van der Waals surface area contributed by atoms with E-state index in [1.54, 1.807) is 11.8 Å². The second-order valence-corrected chi connectivity index (χ2v) is 5.46. The van der Waals surface area contributed by atoms with E-state index in [0.29, 0.717) is 24.3 Å². The molecule has 0 aliphatic heterocycles. The summed E-state index contributed by atoms with van der Waals surface area (Å²) >= 11 is 1.78. The third kappa shape index (κ3) is 5.63. The maximum atomic E-state index is 12.0. The fraction of sp³-hybridized carbons (Fsp3) is 0.500. The number of nitro groups is 1. The number of nitro benzene ring substituents is 1. The van der Waals surface area contributed by atoms with Crippen LogP contribution in [-0.4, -0.2) is 35.9 Å². The van der Waals surface area contributed by atoms with Crippen LogP contribution in [0.3, 0.4) is 0 Å². The molecule has 1 aromatic rings. The van der Waals surface area contributed by atoms with Crippen molar-refractivity contribution in [3.8, 4) is 0 Å². The molecule has 0 saturated carbocycles. The molecule has 7 heteroatoms. The van der Waals surface area contributed by atoms with Crippen molar-refractivity contribution >= 4 is 29.0 Å². The number of nitrogens with one attached hydrogen (secondary N) is 2. The van der Waals surface area contributed by atoms with Crippen LogP contribution in [-0.2, 0) is 0 Å². The number of carbonyl (C=O) groups is 1. The highest BCUT2D eigenvalue weighted by Crippen LogP contribution is 2.25. The van der Waals surface area contributed by atoms with E-state index in [4.69, 9.17) is 0 Å². The molecule has 0 saturated heterocycles. The van der Waals surface area contributed by atoms with Gasteiger partial charge in [0, 0.05) is 24.7 Å². The van der Waals surface area contributed by atoms with Crippen LogP contribution in [0, 0.1) is 10.1 Å². The first-order valence-corrected chi connectivity index (χ1v) is 8.29. The van der Waals surface area contributed by atoms with Gasteiger partial charge >= 0.3 is 0 Å². The first-order chi connectivity index (χ1) is 10.1. The average Bonchev–Trinajstić information content (AvgIpc) is 2.47. The van der Waals surface area contributed by atoms with Crippen molar-refractivity contribution in [3.63, 3.8) is 0 Å². The first-order valence-electron chi connectivity index (χ1n) is 6.89. The lowest BCUT2D eigenvalue weighted by molar-refractivity contribution is -0.384. The fourth-order valence-corrected chi connectivity index (χ4v) is 2.34. The summed E-state index contributed by atoms with van der Waals surface area (Å²) in [5, 5.41) is 16.7. The van der Waals surface area contributed by atoms with Crippen LogP contribution in [0.2, 0.25) is 0 Å². The topological polar surface area (TPSA) is 84.3 Å². The molecule has 6 nitrogen and oxygen atoms in total. The molecule has 0 radical (unpaired) electrons. The number of benzene rings is 1. The number of hydrogen-bond donors (Lipinski definition) is 2. The van der Waals surface area contributed by atoms with Gasteiger partial charge in [-0.2, -0.15) is 11.8 Å². The standard InChI is InChI=1S/C14H21N3O3S/c1-3-15-12-10-11(6-7-13(12)17(19)20)14(18)16-8-4-5-9-21-2/h6-7,10,15H,3-5,8-9H2,1-2H3,(H,16,18). The Hall–Kier alpha value is -1.76. The fourth-order valence-electron chi connectivity index (χ4n) is 1.84. The van der Waals surface area contributed by atoms with E-state index in [9.17, 15) is 14.9 Å². The van der Waals surface area contributed by atoms with Gasteiger partial charge in [0.05, 0.1) is 4.92 Å². The second-order valence-electron chi connectivity index (χ2n) is 4.48. The third-order valence-electron chi connectivity index (χ3n) is 2.88. The predicted molar refractivity (Wildman–Crippen MR) is 87.2 cm³/mol. The summed E-state index contributed by atoms with van der Waals surface area (Å²) in [5.74, 6) is 0.881. The van der Waals surface area contributed by atoms with E-state index < -0.39 is 4.92 Å². The Labute approximate surface area is 128 Å². The van der Waals surface area contributed by atoms with E-state index in [-0.39, 0.29) is 11.6 Å². The zero-order chi connectivity index (χ0) is 15.7. The zero-order valence-corrected chi connectivity index (χ0v) is 13.2. The van der Waals surface area contributed by atoms with Crippen LogP contribution < -0.4 is 10.6 Å². The molecule has 0 heterocycles. The summed E-state index contributed by atoms with van der Waals surface area (Å²) in [6.07, 6.45) is 4.04. The number of unbranched alkanes of at least 4 members (excludes halogenated alkanes) is 1. The van der Waals surface area contributed by atoms with E-state index in [0.717, 1.165) is 18.6 Å². The van der Waals surface area contributed by atoms with Crippen LogP contribution in [0.4, 0.5) is 11.4 Å². The summed E-state index contributed by atoms with van der Waals surface area (Å²) in [7, 11) is 0. The average molecular weight is 311 g/mol. The van der Waals surface area contributed by atoms with Crippen molar-refractivity contribution in [1.82, 2.24) is 5.32 Å². The highest BCUT2D eigenvalue weighted by Gasteiger charge is 2.16. The Morgan fingerprint density at radius 1 is 1.38 bits per heavy atom. The molecule has 116 valence electrons. The van der Waals surface area contributed by atoms with Crippen LogP contribution in [0.5, 0.6) is 0 Å². The van der Waals surface area contributed by atoms with Gasteiger partial charge in [-0.1, -0.05) is 0 Å². The van der Waals surface area contributed by atoms with Crippen LogP contribution in [0.1, 0.15) is 30.1 Å². The number of nitrogens with zero attached hydrogens (tertiary/aromatic N) is 1. The molecule has 0 aromatic heterocycles. The summed E-state index contributed by atoms with van der Waals surface area (Å²) in [6.45, 7) is 3.02. The van der Waals surface area contributed by atoms with Crippen molar-refractivity contribution in [2.45, 2.75) is 19.8 Å². The quantitative estimate of drug-likeness (QED) is 0.416. The molecule has 0 aliphatic rings. The smallest absolute Gasteiger partial charge is 0.292 e. The summed E-state index contributed by atoms with van der Waals surface area (Å²) < 4.78 is 0. The minimum absolute atomic E-state index is 0.0200.